The topological polar surface area (TPSA) is 45.6 Å². The normalized spacial score (nSPS) is 15.0. The molecular weight excluding hydrogens is 358 g/mol. The summed E-state index contributed by atoms with van der Waals surface area (Å²) in [5, 5.41) is 0.211. The Morgan fingerprint density at radius 1 is 0.963 bits per heavy atom. The van der Waals surface area contributed by atoms with Gasteiger partial charge in [-0.2, -0.15) is 0 Å². The van der Waals surface area contributed by atoms with E-state index < -0.39 is 0 Å². The van der Waals surface area contributed by atoms with Crippen molar-refractivity contribution in [2.24, 2.45) is 0 Å². The summed E-state index contributed by atoms with van der Waals surface area (Å²) in [6.45, 7) is 8.20. The van der Waals surface area contributed by atoms with Gasteiger partial charge in [0, 0.05) is 31.2 Å². The van der Waals surface area contributed by atoms with E-state index in [-0.39, 0.29) is 22.5 Å². The van der Waals surface area contributed by atoms with E-state index >= 15 is 0 Å². The van der Waals surface area contributed by atoms with E-state index in [0.717, 1.165) is 22.6 Å². The van der Waals surface area contributed by atoms with Crippen molar-refractivity contribution in [3.63, 3.8) is 0 Å². The van der Waals surface area contributed by atoms with Crippen molar-refractivity contribution in [1.82, 2.24) is 14.4 Å². The van der Waals surface area contributed by atoms with E-state index in [1.165, 1.54) is 20.9 Å². The number of thiocarbonyl (C=S) groups is 1. The first-order valence-corrected chi connectivity index (χ1v) is 9.13. The Bertz CT molecular complexity index is 991. The van der Waals surface area contributed by atoms with Crippen molar-refractivity contribution < 1.29 is 9.59 Å². The first-order valence-electron chi connectivity index (χ1n) is 8.72. The number of hydrogen-bond donors (Lipinski definition) is 0. The van der Waals surface area contributed by atoms with E-state index in [4.69, 9.17) is 12.2 Å². The summed E-state index contributed by atoms with van der Waals surface area (Å²) in [4.78, 5) is 27.8. The summed E-state index contributed by atoms with van der Waals surface area (Å²) in [6, 6.07) is 8.20. The standard InChI is InChI=1S/C21H23N3O2S/c1-12-8-7-9-18(14(12)3)24-13(2)10-16(15(24)4)11-17-19(25)22(5)21(27)23(6)20(17)26/h7-11H,1-6H3. The van der Waals surface area contributed by atoms with Gasteiger partial charge in [0.15, 0.2) is 5.11 Å². The zero-order valence-electron chi connectivity index (χ0n) is 16.5. The smallest absolute Gasteiger partial charge is 0.265 e. The predicted octanol–water partition coefficient (Wildman–Crippen LogP) is 3.31. The number of carbonyl (C=O) groups excluding carboxylic acids is 2. The number of nitrogens with zero attached hydrogens (tertiary/aromatic N) is 3. The summed E-state index contributed by atoms with van der Waals surface area (Å²) in [5.41, 5.74) is 6.51. The third-order valence-corrected chi connectivity index (χ3v) is 5.78. The molecule has 1 aromatic heterocycles. The number of aryl methyl sites for hydroxylation is 2. The molecule has 1 saturated heterocycles. The molecular formula is C21H23N3O2S. The van der Waals surface area contributed by atoms with Crippen LogP contribution in [0.3, 0.4) is 0 Å². The van der Waals surface area contributed by atoms with Crippen LogP contribution in [0.25, 0.3) is 11.8 Å². The molecule has 0 bridgehead atoms. The summed E-state index contributed by atoms with van der Waals surface area (Å²) in [5.74, 6) is -0.751. The molecule has 1 aliphatic heterocycles. The van der Waals surface area contributed by atoms with Crippen molar-refractivity contribution in [3.05, 3.63) is 57.9 Å². The number of benzene rings is 1. The molecule has 0 unspecified atom stereocenters. The fourth-order valence-corrected chi connectivity index (χ4v) is 3.58. The fraction of sp³-hybridized carbons (Fsp3) is 0.286. The van der Waals surface area contributed by atoms with Crippen molar-refractivity contribution in [2.75, 3.05) is 14.1 Å². The Morgan fingerprint density at radius 2 is 1.56 bits per heavy atom. The largest absolute Gasteiger partial charge is 0.318 e. The van der Waals surface area contributed by atoms with Crippen LogP contribution in [-0.4, -0.2) is 45.4 Å². The Balaban J connectivity index is 2.14. The van der Waals surface area contributed by atoms with Crippen LogP contribution in [0.1, 0.15) is 28.1 Å². The van der Waals surface area contributed by atoms with Crippen LogP contribution in [0.15, 0.2) is 29.8 Å². The van der Waals surface area contributed by atoms with Crippen molar-refractivity contribution in [2.45, 2.75) is 27.7 Å². The average Bonchev–Trinajstić information content (AvgIpc) is 2.91. The maximum absolute atomic E-state index is 12.6. The zero-order valence-corrected chi connectivity index (χ0v) is 17.3. The highest BCUT2D eigenvalue weighted by atomic mass is 32.1. The molecule has 1 aromatic carbocycles. The van der Waals surface area contributed by atoms with Gasteiger partial charge >= 0.3 is 0 Å². The van der Waals surface area contributed by atoms with Crippen LogP contribution in [0.2, 0.25) is 0 Å². The Labute approximate surface area is 164 Å². The zero-order chi connectivity index (χ0) is 20.0. The van der Waals surface area contributed by atoms with Crippen LogP contribution in [0, 0.1) is 27.7 Å². The maximum atomic E-state index is 12.6. The highest BCUT2D eigenvalue weighted by molar-refractivity contribution is 7.80. The van der Waals surface area contributed by atoms with Gasteiger partial charge in [0.05, 0.1) is 0 Å². The number of aromatic nitrogens is 1. The molecule has 1 fully saturated rings. The van der Waals surface area contributed by atoms with Gasteiger partial charge in [-0.1, -0.05) is 12.1 Å². The number of likely N-dealkylation sites (N-methyl/N-ethyl adjacent to an activating group) is 2. The first kappa shape index (κ1) is 19.0. The lowest BCUT2D eigenvalue weighted by molar-refractivity contribution is -0.132. The predicted molar refractivity (Wildman–Crippen MR) is 111 cm³/mol. The molecule has 0 atom stereocenters. The molecule has 5 nitrogen and oxygen atoms in total. The van der Waals surface area contributed by atoms with Crippen molar-refractivity contribution in [1.29, 1.82) is 0 Å². The van der Waals surface area contributed by atoms with E-state index in [0.29, 0.717) is 0 Å². The molecule has 2 heterocycles. The van der Waals surface area contributed by atoms with E-state index in [9.17, 15) is 9.59 Å². The van der Waals surface area contributed by atoms with Crippen LogP contribution in [0.4, 0.5) is 0 Å². The summed E-state index contributed by atoms with van der Waals surface area (Å²) >= 11 is 5.14. The Morgan fingerprint density at radius 3 is 2.15 bits per heavy atom. The second-order valence-electron chi connectivity index (χ2n) is 6.95. The first-order chi connectivity index (χ1) is 12.6. The van der Waals surface area contributed by atoms with Gasteiger partial charge in [-0.05, 0) is 74.8 Å². The number of rotatable bonds is 2. The Kier molecular flexibility index (Phi) is 4.78. The number of hydrogen-bond acceptors (Lipinski definition) is 3. The average molecular weight is 382 g/mol. The van der Waals surface area contributed by atoms with Gasteiger partial charge in [0.2, 0.25) is 0 Å². The minimum atomic E-state index is -0.375. The molecule has 1 aliphatic rings. The molecule has 0 saturated carbocycles. The van der Waals surface area contributed by atoms with Gasteiger partial charge in [-0.15, -0.1) is 0 Å². The van der Waals surface area contributed by atoms with Crippen molar-refractivity contribution in [3.8, 4) is 5.69 Å². The van der Waals surface area contributed by atoms with Gasteiger partial charge in [0.1, 0.15) is 5.57 Å². The second kappa shape index (κ2) is 6.78. The molecule has 2 amide bonds. The SMILES string of the molecule is Cc1cccc(-n2c(C)cc(C=C3C(=O)N(C)C(=S)N(C)C3=O)c2C)c1C. The molecule has 0 spiro atoms. The van der Waals surface area contributed by atoms with E-state index in [2.05, 4.69) is 30.5 Å². The lowest BCUT2D eigenvalue weighted by Crippen LogP contribution is -2.52. The van der Waals surface area contributed by atoms with Crippen LogP contribution >= 0.6 is 12.2 Å². The van der Waals surface area contributed by atoms with Gasteiger partial charge in [-0.3, -0.25) is 19.4 Å². The van der Waals surface area contributed by atoms with Crippen LogP contribution in [0.5, 0.6) is 0 Å². The molecule has 0 aliphatic carbocycles. The molecule has 0 radical (unpaired) electrons. The summed E-state index contributed by atoms with van der Waals surface area (Å²) < 4.78 is 2.16. The second-order valence-corrected chi connectivity index (χ2v) is 7.31. The quantitative estimate of drug-likeness (QED) is 0.455. The highest BCUT2D eigenvalue weighted by Crippen LogP contribution is 2.27. The van der Waals surface area contributed by atoms with E-state index in [1.807, 2.05) is 26.0 Å². The Hall–Kier alpha value is -2.73. The van der Waals surface area contributed by atoms with Crippen molar-refractivity contribution >= 4 is 35.2 Å². The molecule has 2 aromatic rings. The summed E-state index contributed by atoms with van der Waals surface area (Å²) in [6.07, 6.45) is 1.67. The lowest BCUT2D eigenvalue weighted by atomic mass is 10.1. The van der Waals surface area contributed by atoms with Crippen LogP contribution < -0.4 is 0 Å². The molecule has 0 N–H and O–H groups in total. The lowest BCUT2D eigenvalue weighted by Gasteiger charge is -2.31. The van der Waals surface area contributed by atoms with Gasteiger partial charge < -0.3 is 4.57 Å². The number of amides is 2. The van der Waals surface area contributed by atoms with Gasteiger partial charge in [0.25, 0.3) is 11.8 Å². The molecule has 3 rings (SSSR count). The van der Waals surface area contributed by atoms with E-state index in [1.54, 1.807) is 20.2 Å². The third-order valence-electron chi connectivity index (χ3n) is 5.23. The molecule has 140 valence electrons. The molecule has 27 heavy (non-hydrogen) atoms. The third kappa shape index (κ3) is 3.00. The molecule has 6 heteroatoms. The maximum Gasteiger partial charge on any atom is 0.265 e. The number of carbonyl (C=O) groups is 2. The minimum absolute atomic E-state index is 0.120. The fourth-order valence-electron chi connectivity index (χ4n) is 3.41. The summed E-state index contributed by atoms with van der Waals surface area (Å²) in [7, 11) is 3.17. The highest BCUT2D eigenvalue weighted by Gasteiger charge is 2.35. The van der Waals surface area contributed by atoms with Crippen LogP contribution in [-0.2, 0) is 9.59 Å². The minimum Gasteiger partial charge on any atom is -0.318 e. The van der Waals surface area contributed by atoms with Gasteiger partial charge in [-0.25, -0.2) is 0 Å². The monoisotopic (exact) mass is 381 g/mol.